The Hall–Kier alpha value is -2.87. The van der Waals surface area contributed by atoms with E-state index in [1.54, 1.807) is 0 Å². The third-order valence-electron chi connectivity index (χ3n) is 5.00. The quantitative estimate of drug-likeness (QED) is 0.790. The second-order valence-corrected chi connectivity index (χ2v) is 7.00. The number of likely N-dealkylation sites (N-methyl/N-ethyl adjacent to an activating group) is 1. The number of aryl methyl sites for hydroxylation is 2. The molecule has 0 aromatic heterocycles. The molecule has 0 N–H and O–H groups in total. The van der Waals surface area contributed by atoms with Crippen molar-refractivity contribution < 1.29 is 4.79 Å². The summed E-state index contributed by atoms with van der Waals surface area (Å²) in [5.41, 5.74) is 9.33. The van der Waals surface area contributed by atoms with Crippen molar-refractivity contribution in [2.45, 2.75) is 13.8 Å². The molecule has 0 aliphatic heterocycles. The Labute approximate surface area is 148 Å². The Morgan fingerprint density at radius 3 is 2.24 bits per heavy atom. The van der Waals surface area contributed by atoms with E-state index in [9.17, 15) is 4.79 Å². The lowest BCUT2D eigenvalue weighted by molar-refractivity contribution is 0.105. The Bertz CT molecular complexity index is 1000. The SMILES string of the molecule is Cc1ccc(C2=C3C=C(N(C)C)C=C3c3ccccc3C2=O)c(C)c1. The van der Waals surface area contributed by atoms with Crippen molar-refractivity contribution in [1.29, 1.82) is 0 Å². The molecule has 0 saturated heterocycles. The van der Waals surface area contributed by atoms with Gasteiger partial charge in [-0.05, 0) is 53.8 Å². The molecule has 2 aromatic carbocycles. The summed E-state index contributed by atoms with van der Waals surface area (Å²) in [5, 5.41) is 0. The fourth-order valence-corrected chi connectivity index (χ4v) is 3.72. The van der Waals surface area contributed by atoms with Crippen LogP contribution in [0.4, 0.5) is 0 Å². The van der Waals surface area contributed by atoms with Gasteiger partial charge in [-0.15, -0.1) is 0 Å². The average Bonchev–Trinajstić information content (AvgIpc) is 3.02. The number of fused-ring (bicyclic) bond motifs is 3. The summed E-state index contributed by atoms with van der Waals surface area (Å²) >= 11 is 0. The molecule has 2 aliphatic carbocycles. The number of Topliss-reactive ketones (excluding diaryl/α,β-unsaturated/α-hetero) is 1. The number of hydrogen-bond acceptors (Lipinski definition) is 2. The maximum atomic E-state index is 13.3. The molecule has 0 radical (unpaired) electrons. The fourth-order valence-electron chi connectivity index (χ4n) is 3.72. The maximum absolute atomic E-state index is 13.3. The standard InChI is InChI=1S/C23H21NO/c1-14-9-10-17(15(2)11-14)22-21-13-16(24(3)4)12-20(21)18-7-5-6-8-19(18)23(22)25/h5-13H,1-4H3. The van der Waals surface area contributed by atoms with Crippen molar-refractivity contribution in [3.05, 3.63) is 93.7 Å². The van der Waals surface area contributed by atoms with Crippen LogP contribution in [0, 0.1) is 13.8 Å². The van der Waals surface area contributed by atoms with Gasteiger partial charge in [0, 0.05) is 30.9 Å². The van der Waals surface area contributed by atoms with Crippen LogP contribution in [0.5, 0.6) is 0 Å². The van der Waals surface area contributed by atoms with Crippen molar-refractivity contribution in [2.24, 2.45) is 0 Å². The fraction of sp³-hybridized carbons (Fsp3) is 0.174. The zero-order valence-corrected chi connectivity index (χ0v) is 15.1. The molecule has 25 heavy (non-hydrogen) atoms. The maximum Gasteiger partial charge on any atom is 0.194 e. The van der Waals surface area contributed by atoms with Crippen LogP contribution < -0.4 is 0 Å². The highest BCUT2D eigenvalue weighted by Crippen LogP contribution is 2.44. The van der Waals surface area contributed by atoms with E-state index in [0.717, 1.165) is 44.7 Å². The van der Waals surface area contributed by atoms with Crippen LogP contribution in [0.1, 0.15) is 32.6 Å². The zero-order chi connectivity index (χ0) is 17.7. The first-order valence-corrected chi connectivity index (χ1v) is 8.54. The van der Waals surface area contributed by atoms with Gasteiger partial charge in [-0.3, -0.25) is 4.79 Å². The molecule has 0 unspecified atom stereocenters. The van der Waals surface area contributed by atoms with Gasteiger partial charge in [0.15, 0.2) is 5.78 Å². The molecule has 2 aliphatic rings. The van der Waals surface area contributed by atoms with Crippen LogP contribution in [0.25, 0.3) is 11.1 Å². The van der Waals surface area contributed by atoms with Crippen LogP contribution >= 0.6 is 0 Å². The molecule has 2 nitrogen and oxygen atoms in total. The molecule has 0 bridgehead atoms. The minimum Gasteiger partial charge on any atom is -0.378 e. The molecule has 0 fully saturated rings. The van der Waals surface area contributed by atoms with Gasteiger partial charge >= 0.3 is 0 Å². The topological polar surface area (TPSA) is 20.3 Å². The summed E-state index contributed by atoms with van der Waals surface area (Å²) in [7, 11) is 4.07. The lowest BCUT2D eigenvalue weighted by Crippen LogP contribution is -2.14. The predicted molar refractivity (Wildman–Crippen MR) is 103 cm³/mol. The summed E-state index contributed by atoms with van der Waals surface area (Å²) < 4.78 is 0. The van der Waals surface area contributed by atoms with Crippen LogP contribution in [0.15, 0.2) is 65.9 Å². The number of carbonyl (C=O) groups excluding carboxylic acids is 1. The number of hydrogen-bond donors (Lipinski definition) is 0. The summed E-state index contributed by atoms with van der Waals surface area (Å²) in [6, 6.07) is 14.2. The summed E-state index contributed by atoms with van der Waals surface area (Å²) in [4.78, 5) is 15.4. The van der Waals surface area contributed by atoms with Crippen molar-refractivity contribution in [3.8, 4) is 0 Å². The van der Waals surface area contributed by atoms with E-state index in [1.807, 2.05) is 38.4 Å². The second kappa shape index (κ2) is 5.59. The van der Waals surface area contributed by atoms with Gasteiger partial charge in [0.25, 0.3) is 0 Å². The number of nitrogens with zero attached hydrogens (tertiary/aromatic N) is 1. The van der Waals surface area contributed by atoms with Crippen LogP contribution in [-0.4, -0.2) is 24.8 Å². The summed E-state index contributed by atoms with van der Waals surface area (Å²) in [6.07, 6.45) is 4.32. The smallest absolute Gasteiger partial charge is 0.194 e. The Balaban J connectivity index is 2.03. The lowest BCUT2D eigenvalue weighted by atomic mass is 9.79. The first-order chi connectivity index (χ1) is 12.0. The molecule has 0 heterocycles. The number of rotatable bonds is 2. The predicted octanol–water partition coefficient (Wildman–Crippen LogP) is 4.80. The molecule has 2 heteroatoms. The van der Waals surface area contributed by atoms with E-state index in [2.05, 4.69) is 49.1 Å². The molecule has 0 saturated carbocycles. The highest BCUT2D eigenvalue weighted by atomic mass is 16.1. The number of allylic oxidation sites excluding steroid dienone is 5. The van der Waals surface area contributed by atoms with E-state index in [-0.39, 0.29) is 5.78 Å². The molecular formula is C23H21NO. The largest absolute Gasteiger partial charge is 0.378 e. The first kappa shape index (κ1) is 15.6. The average molecular weight is 327 g/mol. The van der Waals surface area contributed by atoms with E-state index >= 15 is 0 Å². The van der Waals surface area contributed by atoms with E-state index in [4.69, 9.17) is 0 Å². The van der Waals surface area contributed by atoms with Crippen LogP contribution in [0.3, 0.4) is 0 Å². The molecule has 0 amide bonds. The van der Waals surface area contributed by atoms with Crippen LogP contribution in [-0.2, 0) is 0 Å². The molecule has 0 spiro atoms. The van der Waals surface area contributed by atoms with E-state index in [0.29, 0.717) is 0 Å². The minimum atomic E-state index is 0.117. The monoisotopic (exact) mass is 327 g/mol. The van der Waals surface area contributed by atoms with Gasteiger partial charge in [0.2, 0.25) is 0 Å². The Kier molecular flexibility index (Phi) is 3.50. The third-order valence-corrected chi connectivity index (χ3v) is 5.00. The Morgan fingerprint density at radius 1 is 0.840 bits per heavy atom. The van der Waals surface area contributed by atoms with Gasteiger partial charge in [-0.1, -0.05) is 48.0 Å². The molecule has 4 rings (SSSR count). The minimum absolute atomic E-state index is 0.117. The normalized spacial score (nSPS) is 15.6. The number of carbonyl (C=O) groups is 1. The molecular weight excluding hydrogens is 306 g/mol. The zero-order valence-electron chi connectivity index (χ0n) is 15.1. The molecule has 0 atom stereocenters. The second-order valence-electron chi connectivity index (χ2n) is 7.00. The van der Waals surface area contributed by atoms with Gasteiger partial charge < -0.3 is 4.90 Å². The van der Waals surface area contributed by atoms with Gasteiger partial charge in [-0.25, -0.2) is 0 Å². The highest BCUT2D eigenvalue weighted by molar-refractivity contribution is 6.36. The molecule has 124 valence electrons. The number of benzene rings is 2. The lowest BCUT2D eigenvalue weighted by Gasteiger charge is -2.22. The van der Waals surface area contributed by atoms with Crippen molar-refractivity contribution in [3.63, 3.8) is 0 Å². The van der Waals surface area contributed by atoms with Crippen molar-refractivity contribution in [1.82, 2.24) is 4.90 Å². The number of ketones is 1. The van der Waals surface area contributed by atoms with Gasteiger partial charge in [-0.2, -0.15) is 0 Å². The molecule has 2 aromatic rings. The Morgan fingerprint density at radius 2 is 1.56 bits per heavy atom. The van der Waals surface area contributed by atoms with Crippen molar-refractivity contribution in [2.75, 3.05) is 14.1 Å². The first-order valence-electron chi connectivity index (χ1n) is 8.54. The highest BCUT2D eigenvalue weighted by Gasteiger charge is 2.32. The van der Waals surface area contributed by atoms with Gasteiger partial charge in [0.05, 0.1) is 0 Å². The summed E-state index contributed by atoms with van der Waals surface area (Å²) in [5.74, 6) is 0.117. The summed E-state index contributed by atoms with van der Waals surface area (Å²) in [6.45, 7) is 4.16. The van der Waals surface area contributed by atoms with Crippen molar-refractivity contribution >= 4 is 16.9 Å². The van der Waals surface area contributed by atoms with E-state index in [1.165, 1.54) is 5.56 Å². The van der Waals surface area contributed by atoms with E-state index < -0.39 is 0 Å². The van der Waals surface area contributed by atoms with Gasteiger partial charge in [0.1, 0.15) is 0 Å². The van der Waals surface area contributed by atoms with Crippen LogP contribution in [0.2, 0.25) is 0 Å². The third kappa shape index (κ3) is 2.37.